The van der Waals surface area contributed by atoms with Crippen LogP contribution >= 0.6 is 0 Å². The Balaban J connectivity index is 1.61. The van der Waals surface area contributed by atoms with Gasteiger partial charge in [-0.15, -0.1) is 0 Å². The van der Waals surface area contributed by atoms with Gasteiger partial charge in [0, 0.05) is 17.8 Å². The fourth-order valence-corrected chi connectivity index (χ4v) is 2.55. The van der Waals surface area contributed by atoms with Gasteiger partial charge in [-0.2, -0.15) is 4.98 Å². The summed E-state index contributed by atoms with van der Waals surface area (Å²) in [6.45, 7) is 0. The Kier molecular flexibility index (Phi) is 4.40. The van der Waals surface area contributed by atoms with Crippen molar-refractivity contribution in [1.82, 2.24) is 9.97 Å². The molecule has 1 N–H and O–H groups in total. The van der Waals surface area contributed by atoms with Crippen LogP contribution in [0.4, 0.5) is 5.69 Å². The van der Waals surface area contributed by atoms with Gasteiger partial charge in [-0.3, -0.25) is 4.79 Å². The number of furan rings is 1. The molecule has 7 heteroatoms. The molecule has 4 aromatic rings. The minimum atomic E-state index is -0.318. The molecule has 27 heavy (non-hydrogen) atoms. The fraction of sp³-hybridized carbons (Fsp3) is 0.0500. The molecule has 3 heterocycles. The number of amides is 1. The summed E-state index contributed by atoms with van der Waals surface area (Å²) in [5.41, 5.74) is 2.31. The molecule has 4 rings (SSSR count). The number of benzene rings is 1. The van der Waals surface area contributed by atoms with Crippen molar-refractivity contribution in [2.45, 2.75) is 0 Å². The smallest absolute Gasteiger partial charge is 0.248 e. The Morgan fingerprint density at radius 1 is 1.22 bits per heavy atom. The maximum atomic E-state index is 12.2. The predicted octanol–water partition coefficient (Wildman–Crippen LogP) is 4.14. The average Bonchev–Trinajstić information content (AvgIpc) is 3.35. The zero-order valence-corrected chi connectivity index (χ0v) is 14.4. The summed E-state index contributed by atoms with van der Waals surface area (Å²) < 4.78 is 16.2. The highest BCUT2D eigenvalue weighted by Crippen LogP contribution is 2.31. The van der Waals surface area contributed by atoms with Crippen molar-refractivity contribution in [1.29, 1.82) is 0 Å². The molecule has 0 saturated heterocycles. The van der Waals surface area contributed by atoms with E-state index in [-0.39, 0.29) is 5.91 Å². The van der Waals surface area contributed by atoms with E-state index in [4.69, 9.17) is 13.6 Å². The fourth-order valence-electron chi connectivity index (χ4n) is 2.55. The molecule has 0 radical (unpaired) electrons. The standard InChI is InChI=1S/C20H15N3O4/c1-25-16-8-6-13(20-23-19-17(27-20)5-2-10-21-19)12-15(16)22-18(24)9-7-14-4-3-11-26-14/h2-12H,1H3,(H,22,24)/b9-7+. The monoisotopic (exact) mass is 361 g/mol. The Hall–Kier alpha value is -3.87. The first-order chi connectivity index (χ1) is 13.2. The highest BCUT2D eigenvalue weighted by atomic mass is 16.5. The van der Waals surface area contributed by atoms with Gasteiger partial charge in [-0.1, -0.05) is 0 Å². The van der Waals surface area contributed by atoms with Crippen molar-refractivity contribution < 1.29 is 18.4 Å². The number of fused-ring (bicyclic) bond motifs is 1. The van der Waals surface area contributed by atoms with Crippen LogP contribution < -0.4 is 10.1 Å². The number of nitrogens with one attached hydrogen (secondary N) is 1. The van der Waals surface area contributed by atoms with Crippen LogP contribution in [0.1, 0.15) is 5.76 Å². The summed E-state index contributed by atoms with van der Waals surface area (Å²) in [7, 11) is 1.53. The normalized spacial score (nSPS) is 11.1. The van der Waals surface area contributed by atoms with Gasteiger partial charge in [0.25, 0.3) is 0 Å². The number of aromatic nitrogens is 2. The van der Waals surface area contributed by atoms with Gasteiger partial charge < -0.3 is 18.9 Å². The summed E-state index contributed by atoms with van der Waals surface area (Å²) in [6.07, 6.45) is 6.16. The zero-order chi connectivity index (χ0) is 18.6. The molecule has 0 spiro atoms. The van der Waals surface area contributed by atoms with E-state index < -0.39 is 0 Å². The number of carbonyl (C=O) groups excluding carboxylic acids is 1. The topological polar surface area (TPSA) is 90.4 Å². The molecule has 0 saturated carbocycles. The van der Waals surface area contributed by atoms with Gasteiger partial charge in [-0.05, 0) is 48.5 Å². The highest BCUT2D eigenvalue weighted by molar-refractivity contribution is 6.03. The van der Waals surface area contributed by atoms with Crippen LogP contribution in [0.25, 0.3) is 28.8 Å². The van der Waals surface area contributed by atoms with E-state index in [1.165, 1.54) is 13.2 Å². The third-order valence-electron chi connectivity index (χ3n) is 3.81. The molecular formula is C20H15N3O4. The summed E-state index contributed by atoms with van der Waals surface area (Å²) in [5, 5.41) is 2.79. The number of oxazole rings is 1. The molecule has 0 unspecified atom stereocenters. The lowest BCUT2D eigenvalue weighted by Crippen LogP contribution is -2.09. The largest absolute Gasteiger partial charge is 0.495 e. The molecule has 0 bridgehead atoms. The van der Waals surface area contributed by atoms with Gasteiger partial charge in [0.1, 0.15) is 11.5 Å². The number of rotatable bonds is 5. The third kappa shape index (κ3) is 3.57. The maximum absolute atomic E-state index is 12.2. The Bertz CT molecular complexity index is 1080. The molecule has 1 amide bonds. The maximum Gasteiger partial charge on any atom is 0.248 e. The van der Waals surface area contributed by atoms with Gasteiger partial charge in [-0.25, -0.2) is 4.98 Å². The van der Waals surface area contributed by atoms with Crippen LogP contribution in [0.2, 0.25) is 0 Å². The van der Waals surface area contributed by atoms with Gasteiger partial charge in [0.2, 0.25) is 11.8 Å². The van der Waals surface area contributed by atoms with Gasteiger partial charge in [0.05, 0.1) is 19.1 Å². The van der Waals surface area contributed by atoms with Crippen LogP contribution in [0.15, 0.2) is 69.8 Å². The second-order valence-corrected chi connectivity index (χ2v) is 5.60. The first-order valence-electron chi connectivity index (χ1n) is 8.15. The first-order valence-corrected chi connectivity index (χ1v) is 8.15. The molecule has 3 aromatic heterocycles. The lowest BCUT2D eigenvalue weighted by atomic mass is 10.2. The Morgan fingerprint density at radius 3 is 2.93 bits per heavy atom. The molecule has 0 fully saturated rings. The Labute approximate surface area is 154 Å². The minimum Gasteiger partial charge on any atom is -0.495 e. The quantitative estimate of drug-likeness (QED) is 0.537. The SMILES string of the molecule is COc1ccc(-c2nc3ncccc3o2)cc1NC(=O)/C=C/c1ccco1. The van der Waals surface area contributed by atoms with E-state index in [1.54, 1.807) is 61.0 Å². The average molecular weight is 361 g/mol. The minimum absolute atomic E-state index is 0.318. The van der Waals surface area contributed by atoms with Crippen LogP contribution in [0.5, 0.6) is 5.75 Å². The molecule has 0 aliphatic heterocycles. The predicted molar refractivity (Wildman–Crippen MR) is 100 cm³/mol. The van der Waals surface area contributed by atoms with Crippen molar-refractivity contribution in [3.05, 3.63) is 66.8 Å². The van der Waals surface area contributed by atoms with Crippen molar-refractivity contribution in [3.63, 3.8) is 0 Å². The number of hydrogen-bond donors (Lipinski definition) is 1. The van der Waals surface area contributed by atoms with Crippen LogP contribution in [0, 0.1) is 0 Å². The number of methoxy groups -OCH3 is 1. The van der Waals surface area contributed by atoms with Crippen LogP contribution in [-0.4, -0.2) is 23.0 Å². The lowest BCUT2D eigenvalue weighted by molar-refractivity contribution is -0.111. The molecule has 0 aliphatic carbocycles. The van der Waals surface area contributed by atoms with Crippen LogP contribution in [-0.2, 0) is 4.79 Å². The number of pyridine rings is 1. The van der Waals surface area contributed by atoms with E-state index in [2.05, 4.69) is 15.3 Å². The summed E-state index contributed by atoms with van der Waals surface area (Å²) in [4.78, 5) is 20.8. The number of anilines is 1. The third-order valence-corrected chi connectivity index (χ3v) is 3.81. The molecule has 134 valence electrons. The molecule has 0 atom stereocenters. The van der Waals surface area contributed by atoms with Crippen molar-refractivity contribution in [2.24, 2.45) is 0 Å². The molecule has 1 aromatic carbocycles. The second-order valence-electron chi connectivity index (χ2n) is 5.60. The van der Waals surface area contributed by atoms with E-state index in [1.807, 2.05) is 0 Å². The molecule has 0 aliphatic rings. The van der Waals surface area contributed by atoms with E-state index >= 15 is 0 Å². The number of carbonyl (C=O) groups is 1. The first kappa shape index (κ1) is 16.6. The zero-order valence-electron chi connectivity index (χ0n) is 14.4. The number of ether oxygens (including phenoxy) is 1. The molecule has 7 nitrogen and oxygen atoms in total. The summed E-state index contributed by atoms with van der Waals surface area (Å²) >= 11 is 0. The summed E-state index contributed by atoms with van der Waals surface area (Å²) in [6, 6.07) is 12.4. The van der Waals surface area contributed by atoms with Gasteiger partial charge in [0.15, 0.2) is 11.2 Å². The van der Waals surface area contributed by atoms with Crippen molar-refractivity contribution in [3.8, 4) is 17.2 Å². The Morgan fingerprint density at radius 2 is 2.15 bits per heavy atom. The number of nitrogens with zero attached hydrogens (tertiary/aromatic N) is 2. The van der Waals surface area contributed by atoms with Crippen LogP contribution in [0.3, 0.4) is 0 Å². The summed E-state index contributed by atoms with van der Waals surface area (Å²) in [5.74, 6) is 1.20. The van der Waals surface area contributed by atoms with E-state index in [0.29, 0.717) is 39.9 Å². The molecular weight excluding hydrogens is 346 g/mol. The highest BCUT2D eigenvalue weighted by Gasteiger charge is 2.13. The van der Waals surface area contributed by atoms with E-state index in [9.17, 15) is 4.79 Å². The second kappa shape index (κ2) is 7.17. The van der Waals surface area contributed by atoms with Gasteiger partial charge >= 0.3 is 0 Å². The number of hydrogen-bond acceptors (Lipinski definition) is 6. The van der Waals surface area contributed by atoms with Crippen molar-refractivity contribution >= 4 is 28.9 Å². The lowest BCUT2D eigenvalue weighted by Gasteiger charge is -2.10. The van der Waals surface area contributed by atoms with Crippen molar-refractivity contribution in [2.75, 3.05) is 12.4 Å². The van der Waals surface area contributed by atoms with E-state index in [0.717, 1.165) is 0 Å².